The lowest BCUT2D eigenvalue weighted by atomic mass is 10.1. The fourth-order valence-corrected chi connectivity index (χ4v) is 5.07. The van der Waals surface area contributed by atoms with Crippen molar-refractivity contribution in [1.29, 1.82) is 0 Å². The summed E-state index contributed by atoms with van der Waals surface area (Å²) in [6.07, 6.45) is 3.53. The number of hydrogen-bond acceptors (Lipinski definition) is 7. The first-order valence-electron chi connectivity index (χ1n) is 11.8. The molecule has 39 heavy (non-hydrogen) atoms. The highest BCUT2D eigenvalue weighted by Gasteiger charge is 2.36. The second-order valence-electron chi connectivity index (χ2n) is 8.70. The molecule has 3 amide bonds. The van der Waals surface area contributed by atoms with Crippen LogP contribution in [-0.4, -0.2) is 45.1 Å². The number of nitro benzene ring substituents is 1. The van der Waals surface area contributed by atoms with Crippen LogP contribution in [0.1, 0.15) is 11.1 Å². The van der Waals surface area contributed by atoms with Gasteiger partial charge in [-0.3, -0.25) is 29.4 Å². The van der Waals surface area contributed by atoms with Gasteiger partial charge in [0.15, 0.2) is 0 Å². The largest absolute Gasteiger partial charge is 0.497 e. The quantitative estimate of drug-likeness (QED) is 0.182. The monoisotopic (exact) mass is 542 g/mol. The number of anilines is 1. The number of imide groups is 1. The number of aromatic nitrogens is 1. The number of carbonyl (C=O) groups excluding carboxylic acids is 3. The number of rotatable bonds is 8. The van der Waals surface area contributed by atoms with Gasteiger partial charge in [-0.05, 0) is 53.7 Å². The zero-order chi connectivity index (χ0) is 27.5. The standard InChI is InChI=1S/C28H22N4O6S/c1-38-22-12-8-20(9-13-22)29-26(33)17-31-27(34)25(39-28(31)35)14-19-16-30(24-5-3-2-4-23(19)24)15-18-6-10-21(11-7-18)32(36)37/h2-14,16H,15,17H2,1H3,(H,29,33)/b25-14-. The van der Waals surface area contributed by atoms with Crippen molar-refractivity contribution >= 4 is 57.2 Å². The van der Waals surface area contributed by atoms with Gasteiger partial charge in [0.1, 0.15) is 12.3 Å². The van der Waals surface area contributed by atoms with Crippen molar-refractivity contribution < 1.29 is 24.0 Å². The van der Waals surface area contributed by atoms with Crippen molar-refractivity contribution in [3.63, 3.8) is 0 Å². The van der Waals surface area contributed by atoms with Gasteiger partial charge in [0.25, 0.3) is 16.8 Å². The van der Waals surface area contributed by atoms with Crippen LogP contribution in [0.4, 0.5) is 16.2 Å². The number of para-hydroxylation sites is 1. The van der Waals surface area contributed by atoms with E-state index in [9.17, 15) is 24.5 Å². The van der Waals surface area contributed by atoms with Gasteiger partial charge in [0.2, 0.25) is 5.91 Å². The maximum Gasteiger partial charge on any atom is 0.294 e. The minimum Gasteiger partial charge on any atom is -0.497 e. The van der Waals surface area contributed by atoms with Crippen LogP contribution in [0.25, 0.3) is 17.0 Å². The SMILES string of the molecule is COc1ccc(NC(=O)CN2C(=O)S/C(=C\c3cn(Cc4ccc([N+](=O)[O-])cc4)c4ccccc34)C2=O)cc1. The molecule has 1 aliphatic heterocycles. The third-order valence-corrected chi connectivity index (χ3v) is 7.06. The first-order valence-corrected chi connectivity index (χ1v) is 12.6. The van der Waals surface area contributed by atoms with Gasteiger partial charge in [0.05, 0.1) is 16.9 Å². The number of benzene rings is 3. The lowest BCUT2D eigenvalue weighted by Gasteiger charge is -2.12. The predicted octanol–water partition coefficient (Wildman–Crippen LogP) is 5.28. The van der Waals surface area contributed by atoms with Crippen molar-refractivity contribution in [3.05, 3.63) is 105 Å². The van der Waals surface area contributed by atoms with E-state index in [0.29, 0.717) is 18.0 Å². The summed E-state index contributed by atoms with van der Waals surface area (Å²) >= 11 is 0.785. The summed E-state index contributed by atoms with van der Waals surface area (Å²) in [6.45, 7) is 0.0509. The van der Waals surface area contributed by atoms with Crippen LogP contribution in [0.3, 0.4) is 0 Å². The predicted molar refractivity (Wildman–Crippen MR) is 148 cm³/mol. The van der Waals surface area contributed by atoms with Crippen molar-refractivity contribution in [2.24, 2.45) is 0 Å². The van der Waals surface area contributed by atoms with Crippen molar-refractivity contribution in [2.75, 3.05) is 19.0 Å². The second kappa shape index (κ2) is 10.8. The smallest absolute Gasteiger partial charge is 0.294 e. The number of fused-ring (bicyclic) bond motifs is 1. The molecule has 1 fully saturated rings. The fourth-order valence-electron chi connectivity index (χ4n) is 4.24. The Kier molecular flexibility index (Phi) is 7.15. The van der Waals surface area contributed by atoms with Crippen LogP contribution in [0.15, 0.2) is 83.9 Å². The average molecular weight is 543 g/mol. The van der Waals surface area contributed by atoms with E-state index in [-0.39, 0.29) is 10.6 Å². The zero-order valence-electron chi connectivity index (χ0n) is 20.7. The normalized spacial score (nSPS) is 14.3. The number of non-ortho nitro benzene ring substituents is 1. The number of nitrogens with zero attached hydrogens (tertiary/aromatic N) is 3. The van der Waals surface area contributed by atoms with E-state index >= 15 is 0 Å². The fraction of sp³-hybridized carbons (Fsp3) is 0.107. The Bertz CT molecular complexity index is 1630. The number of methoxy groups -OCH3 is 1. The van der Waals surface area contributed by atoms with Crippen LogP contribution in [0, 0.1) is 10.1 Å². The molecule has 11 heteroatoms. The van der Waals surface area contributed by atoms with Gasteiger partial charge >= 0.3 is 0 Å². The first kappa shape index (κ1) is 25.7. The number of hydrogen-bond donors (Lipinski definition) is 1. The Hall–Kier alpha value is -4.90. The number of ether oxygens (including phenoxy) is 1. The number of amides is 3. The van der Waals surface area contributed by atoms with Gasteiger partial charge in [0, 0.05) is 47.0 Å². The molecule has 2 heterocycles. The lowest BCUT2D eigenvalue weighted by molar-refractivity contribution is -0.384. The molecule has 196 valence electrons. The Morgan fingerprint density at radius 3 is 2.46 bits per heavy atom. The summed E-state index contributed by atoms with van der Waals surface area (Å²) < 4.78 is 7.08. The van der Waals surface area contributed by atoms with E-state index in [4.69, 9.17) is 4.74 Å². The third-order valence-electron chi connectivity index (χ3n) is 6.16. The molecule has 1 aromatic heterocycles. The Morgan fingerprint density at radius 1 is 1.05 bits per heavy atom. The Labute approximate surface area is 227 Å². The molecule has 0 radical (unpaired) electrons. The zero-order valence-corrected chi connectivity index (χ0v) is 21.5. The third kappa shape index (κ3) is 5.53. The maximum atomic E-state index is 13.1. The number of carbonyl (C=O) groups is 3. The van der Waals surface area contributed by atoms with Crippen LogP contribution in [0.5, 0.6) is 5.75 Å². The van der Waals surface area contributed by atoms with Crippen LogP contribution >= 0.6 is 11.8 Å². The molecule has 0 atom stereocenters. The summed E-state index contributed by atoms with van der Waals surface area (Å²) in [4.78, 5) is 49.9. The molecule has 0 aliphatic carbocycles. The summed E-state index contributed by atoms with van der Waals surface area (Å²) in [5.41, 5.74) is 3.05. The topological polar surface area (TPSA) is 124 Å². The highest BCUT2D eigenvalue weighted by molar-refractivity contribution is 8.18. The van der Waals surface area contributed by atoms with Crippen molar-refractivity contribution in [3.8, 4) is 5.75 Å². The summed E-state index contributed by atoms with van der Waals surface area (Å²) in [5, 5.41) is 14.0. The summed E-state index contributed by atoms with van der Waals surface area (Å²) in [6, 6.07) is 20.7. The van der Waals surface area contributed by atoms with Gasteiger partial charge < -0.3 is 14.6 Å². The molecular formula is C28H22N4O6S. The second-order valence-corrected chi connectivity index (χ2v) is 9.69. The molecule has 0 saturated carbocycles. The molecule has 1 saturated heterocycles. The van der Waals surface area contributed by atoms with E-state index < -0.39 is 28.5 Å². The minimum absolute atomic E-state index is 0.0187. The highest BCUT2D eigenvalue weighted by Crippen LogP contribution is 2.34. The molecule has 10 nitrogen and oxygen atoms in total. The van der Waals surface area contributed by atoms with E-state index in [1.54, 1.807) is 42.5 Å². The first-order chi connectivity index (χ1) is 18.8. The Balaban J connectivity index is 1.34. The van der Waals surface area contributed by atoms with E-state index in [0.717, 1.165) is 38.7 Å². The maximum absolute atomic E-state index is 13.1. The number of nitro groups is 1. The van der Waals surface area contributed by atoms with E-state index in [1.807, 2.05) is 35.0 Å². The number of nitrogens with one attached hydrogen (secondary N) is 1. The summed E-state index contributed by atoms with van der Waals surface area (Å²) in [7, 11) is 1.54. The van der Waals surface area contributed by atoms with Crippen molar-refractivity contribution in [1.82, 2.24) is 9.47 Å². The molecule has 1 N–H and O–H groups in total. The molecule has 4 aromatic rings. The molecule has 3 aromatic carbocycles. The average Bonchev–Trinajstić information content (AvgIpc) is 3.41. The molecule has 0 bridgehead atoms. The molecule has 0 spiro atoms. The highest BCUT2D eigenvalue weighted by atomic mass is 32.2. The van der Waals surface area contributed by atoms with Gasteiger partial charge in [-0.2, -0.15) is 0 Å². The van der Waals surface area contributed by atoms with Gasteiger partial charge in [-0.1, -0.05) is 30.3 Å². The minimum atomic E-state index is -0.540. The van der Waals surface area contributed by atoms with E-state index in [1.165, 1.54) is 19.2 Å². The van der Waals surface area contributed by atoms with Gasteiger partial charge in [-0.15, -0.1) is 0 Å². The van der Waals surface area contributed by atoms with Crippen LogP contribution in [-0.2, 0) is 16.1 Å². The molecule has 1 aliphatic rings. The molecule has 0 unspecified atom stereocenters. The molecule has 5 rings (SSSR count). The van der Waals surface area contributed by atoms with Crippen LogP contribution < -0.4 is 10.1 Å². The van der Waals surface area contributed by atoms with Crippen molar-refractivity contribution in [2.45, 2.75) is 6.54 Å². The van der Waals surface area contributed by atoms with Gasteiger partial charge in [-0.25, -0.2) is 0 Å². The Morgan fingerprint density at radius 2 is 1.77 bits per heavy atom. The van der Waals surface area contributed by atoms with E-state index in [2.05, 4.69) is 5.32 Å². The number of thioether (sulfide) groups is 1. The lowest BCUT2D eigenvalue weighted by Crippen LogP contribution is -2.36. The summed E-state index contributed by atoms with van der Waals surface area (Å²) in [5.74, 6) is -0.399. The van der Waals surface area contributed by atoms with Crippen LogP contribution in [0.2, 0.25) is 0 Å². The molecular weight excluding hydrogens is 520 g/mol.